The summed E-state index contributed by atoms with van der Waals surface area (Å²) in [5.41, 5.74) is 3.11. The second-order valence-corrected chi connectivity index (χ2v) is 3.73. The molecule has 2 N–H and O–H groups in total. The third-order valence-electron chi connectivity index (χ3n) is 2.24. The van der Waals surface area contributed by atoms with E-state index in [1.807, 2.05) is 19.2 Å². The standard InChI is InChI=1S/C12H16N2O2/c1-9(5-12(15)16)6-14-8-11-7-13-4-3-10(11)2/h3-5,7,14H,6,8H2,1-2H3,(H,15,16)/b9-5-. The van der Waals surface area contributed by atoms with Crippen molar-refractivity contribution in [2.75, 3.05) is 6.54 Å². The van der Waals surface area contributed by atoms with Crippen molar-refractivity contribution in [1.82, 2.24) is 10.3 Å². The first-order valence-electron chi connectivity index (χ1n) is 5.10. The fourth-order valence-corrected chi connectivity index (χ4v) is 1.34. The Bertz CT molecular complexity index is 400. The molecular weight excluding hydrogens is 204 g/mol. The number of hydrogen-bond donors (Lipinski definition) is 2. The van der Waals surface area contributed by atoms with Crippen molar-refractivity contribution in [3.8, 4) is 0 Å². The summed E-state index contributed by atoms with van der Waals surface area (Å²) in [6.07, 6.45) is 4.79. The van der Waals surface area contributed by atoms with Crippen LogP contribution in [-0.2, 0) is 11.3 Å². The summed E-state index contributed by atoms with van der Waals surface area (Å²) in [7, 11) is 0. The van der Waals surface area contributed by atoms with Gasteiger partial charge in [0, 0.05) is 31.6 Å². The molecule has 86 valence electrons. The summed E-state index contributed by atoms with van der Waals surface area (Å²) in [6.45, 7) is 5.08. The lowest BCUT2D eigenvalue weighted by molar-refractivity contribution is -0.131. The molecule has 4 nitrogen and oxygen atoms in total. The lowest BCUT2D eigenvalue weighted by Crippen LogP contribution is -2.17. The van der Waals surface area contributed by atoms with Gasteiger partial charge in [0.2, 0.25) is 0 Å². The molecule has 0 aromatic carbocycles. The van der Waals surface area contributed by atoms with Crippen LogP contribution in [-0.4, -0.2) is 22.6 Å². The summed E-state index contributed by atoms with van der Waals surface area (Å²) in [6, 6.07) is 1.96. The maximum atomic E-state index is 10.4. The van der Waals surface area contributed by atoms with Gasteiger partial charge in [0.05, 0.1) is 0 Å². The summed E-state index contributed by atoms with van der Waals surface area (Å²) in [4.78, 5) is 14.4. The van der Waals surface area contributed by atoms with Gasteiger partial charge in [-0.05, 0) is 31.0 Å². The summed E-state index contributed by atoms with van der Waals surface area (Å²) >= 11 is 0. The van der Waals surface area contributed by atoms with Crippen LogP contribution in [0.2, 0.25) is 0 Å². The van der Waals surface area contributed by atoms with Gasteiger partial charge in [0.15, 0.2) is 0 Å². The normalized spacial score (nSPS) is 11.5. The summed E-state index contributed by atoms with van der Waals surface area (Å²) < 4.78 is 0. The zero-order valence-corrected chi connectivity index (χ0v) is 9.53. The number of pyridine rings is 1. The highest BCUT2D eigenvalue weighted by atomic mass is 16.4. The highest BCUT2D eigenvalue weighted by molar-refractivity contribution is 5.80. The van der Waals surface area contributed by atoms with Crippen LogP contribution in [0.3, 0.4) is 0 Å². The number of aliphatic carboxylic acids is 1. The van der Waals surface area contributed by atoms with E-state index in [0.717, 1.165) is 11.1 Å². The lowest BCUT2D eigenvalue weighted by Gasteiger charge is -2.06. The highest BCUT2D eigenvalue weighted by Gasteiger charge is 1.98. The fourth-order valence-electron chi connectivity index (χ4n) is 1.34. The zero-order chi connectivity index (χ0) is 12.0. The molecule has 0 saturated carbocycles. The minimum absolute atomic E-state index is 0.570. The van der Waals surface area contributed by atoms with Gasteiger partial charge in [0.1, 0.15) is 0 Å². The van der Waals surface area contributed by atoms with Gasteiger partial charge in [-0.25, -0.2) is 4.79 Å². The van der Waals surface area contributed by atoms with Crippen molar-refractivity contribution in [3.63, 3.8) is 0 Å². The van der Waals surface area contributed by atoms with Crippen LogP contribution in [0.4, 0.5) is 0 Å². The van der Waals surface area contributed by atoms with Crippen molar-refractivity contribution < 1.29 is 9.90 Å². The average molecular weight is 220 g/mol. The molecular formula is C12H16N2O2. The molecule has 0 atom stereocenters. The third kappa shape index (κ3) is 4.23. The van der Waals surface area contributed by atoms with Crippen LogP contribution in [0.1, 0.15) is 18.1 Å². The Morgan fingerprint density at radius 2 is 2.38 bits per heavy atom. The number of nitrogens with zero attached hydrogens (tertiary/aromatic N) is 1. The fraction of sp³-hybridized carbons (Fsp3) is 0.333. The van der Waals surface area contributed by atoms with Crippen molar-refractivity contribution in [2.24, 2.45) is 0 Å². The van der Waals surface area contributed by atoms with Crippen molar-refractivity contribution in [2.45, 2.75) is 20.4 Å². The molecule has 1 rings (SSSR count). The van der Waals surface area contributed by atoms with Crippen LogP contribution in [0.5, 0.6) is 0 Å². The van der Waals surface area contributed by atoms with Gasteiger partial charge in [-0.3, -0.25) is 4.98 Å². The minimum Gasteiger partial charge on any atom is -0.478 e. The molecule has 0 unspecified atom stereocenters. The Hall–Kier alpha value is -1.68. The first-order chi connectivity index (χ1) is 7.59. The molecule has 0 radical (unpaired) electrons. The zero-order valence-electron chi connectivity index (χ0n) is 9.53. The topological polar surface area (TPSA) is 62.2 Å². The monoisotopic (exact) mass is 220 g/mol. The molecule has 0 spiro atoms. The van der Waals surface area contributed by atoms with Crippen LogP contribution in [0.15, 0.2) is 30.1 Å². The molecule has 0 saturated heterocycles. The Morgan fingerprint density at radius 3 is 3.00 bits per heavy atom. The predicted octanol–water partition coefficient (Wildman–Crippen LogP) is 1.51. The van der Waals surface area contributed by atoms with Crippen LogP contribution in [0.25, 0.3) is 0 Å². The number of carbonyl (C=O) groups is 1. The molecule has 0 fully saturated rings. The van der Waals surface area contributed by atoms with Crippen LogP contribution < -0.4 is 5.32 Å². The Kier molecular flexibility index (Phi) is 4.66. The molecule has 0 amide bonds. The van der Waals surface area contributed by atoms with Gasteiger partial charge in [-0.1, -0.05) is 5.57 Å². The van der Waals surface area contributed by atoms with E-state index < -0.39 is 5.97 Å². The Labute approximate surface area is 95.0 Å². The van der Waals surface area contributed by atoms with Gasteiger partial charge >= 0.3 is 5.97 Å². The number of carboxylic acids is 1. The quantitative estimate of drug-likeness (QED) is 0.738. The first kappa shape index (κ1) is 12.4. The number of nitrogens with one attached hydrogen (secondary N) is 1. The molecule has 4 heteroatoms. The second-order valence-electron chi connectivity index (χ2n) is 3.73. The minimum atomic E-state index is -0.906. The van der Waals surface area contributed by atoms with E-state index >= 15 is 0 Å². The van der Waals surface area contributed by atoms with E-state index in [4.69, 9.17) is 5.11 Å². The average Bonchev–Trinajstić information content (AvgIpc) is 2.19. The number of rotatable bonds is 5. The van der Waals surface area contributed by atoms with Crippen LogP contribution >= 0.6 is 0 Å². The SMILES string of the molecule is C/C(=C/C(=O)O)CNCc1cnccc1C. The molecule has 16 heavy (non-hydrogen) atoms. The Balaban J connectivity index is 2.42. The lowest BCUT2D eigenvalue weighted by atomic mass is 10.1. The van der Waals surface area contributed by atoms with E-state index in [-0.39, 0.29) is 0 Å². The Morgan fingerprint density at radius 1 is 1.62 bits per heavy atom. The molecule has 0 bridgehead atoms. The molecule has 0 aliphatic rings. The second kappa shape index (κ2) is 6.02. The summed E-state index contributed by atoms with van der Waals surface area (Å²) in [5, 5.41) is 11.7. The van der Waals surface area contributed by atoms with Crippen molar-refractivity contribution in [3.05, 3.63) is 41.2 Å². The largest absolute Gasteiger partial charge is 0.478 e. The number of aryl methyl sites for hydroxylation is 1. The molecule has 0 aliphatic carbocycles. The van der Waals surface area contributed by atoms with Crippen molar-refractivity contribution in [1.29, 1.82) is 0 Å². The van der Waals surface area contributed by atoms with E-state index in [2.05, 4.69) is 10.3 Å². The van der Waals surface area contributed by atoms with Crippen molar-refractivity contribution >= 4 is 5.97 Å². The van der Waals surface area contributed by atoms with E-state index in [1.54, 1.807) is 13.1 Å². The first-order valence-corrected chi connectivity index (χ1v) is 5.10. The molecule has 1 aromatic rings. The predicted molar refractivity (Wildman–Crippen MR) is 62.1 cm³/mol. The van der Waals surface area contributed by atoms with E-state index in [1.165, 1.54) is 11.6 Å². The number of aromatic nitrogens is 1. The smallest absolute Gasteiger partial charge is 0.328 e. The van der Waals surface area contributed by atoms with Gasteiger partial charge in [0.25, 0.3) is 0 Å². The van der Waals surface area contributed by atoms with Crippen LogP contribution in [0, 0.1) is 6.92 Å². The van der Waals surface area contributed by atoms with E-state index in [9.17, 15) is 4.79 Å². The van der Waals surface area contributed by atoms with E-state index in [0.29, 0.717) is 13.1 Å². The van der Waals surface area contributed by atoms with Gasteiger partial charge in [-0.2, -0.15) is 0 Å². The third-order valence-corrected chi connectivity index (χ3v) is 2.24. The summed E-state index contributed by atoms with van der Waals surface area (Å²) in [5.74, 6) is -0.906. The maximum absolute atomic E-state index is 10.4. The number of hydrogen-bond acceptors (Lipinski definition) is 3. The highest BCUT2D eigenvalue weighted by Crippen LogP contribution is 2.04. The molecule has 1 aromatic heterocycles. The maximum Gasteiger partial charge on any atom is 0.328 e. The van der Waals surface area contributed by atoms with Gasteiger partial charge in [-0.15, -0.1) is 0 Å². The van der Waals surface area contributed by atoms with Gasteiger partial charge < -0.3 is 10.4 Å². The molecule has 1 heterocycles. The molecule has 0 aliphatic heterocycles. The number of carboxylic acid groups (broad SMARTS) is 1.